The summed E-state index contributed by atoms with van der Waals surface area (Å²) in [5.41, 5.74) is 2.63. The number of ether oxygens (including phenoxy) is 1. The lowest BCUT2D eigenvalue weighted by molar-refractivity contribution is 0.0124. The Hall–Kier alpha value is -2.31. The highest BCUT2D eigenvalue weighted by atomic mass is 16.5. The van der Waals surface area contributed by atoms with Crippen molar-refractivity contribution in [2.24, 2.45) is 4.99 Å². The van der Waals surface area contributed by atoms with E-state index in [9.17, 15) is 0 Å². The van der Waals surface area contributed by atoms with Gasteiger partial charge in [0.2, 0.25) is 0 Å². The van der Waals surface area contributed by atoms with Crippen LogP contribution in [0.15, 0.2) is 45.8 Å². The van der Waals surface area contributed by atoms with Gasteiger partial charge in [-0.05, 0) is 37.5 Å². The SMILES string of the molecule is CN=C(NCC(C)c1cccc(C)c1)NCC(c1ccc(C)o1)N1CCOCC1. The zero-order valence-electron chi connectivity index (χ0n) is 18.1. The summed E-state index contributed by atoms with van der Waals surface area (Å²) >= 11 is 0. The molecule has 0 aliphatic carbocycles. The van der Waals surface area contributed by atoms with Crippen LogP contribution in [-0.4, -0.2) is 57.3 Å². The van der Waals surface area contributed by atoms with Gasteiger partial charge in [0.25, 0.3) is 0 Å². The van der Waals surface area contributed by atoms with Crippen molar-refractivity contribution in [3.63, 3.8) is 0 Å². The number of hydrogen-bond acceptors (Lipinski definition) is 4. The molecule has 3 rings (SSSR count). The summed E-state index contributed by atoms with van der Waals surface area (Å²) in [5, 5.41) is 6.96. The van der Waals surface area contributed by atoms with Gasteiger partial charge < -0.3 is 19.8 Å². The van der Waals surface area contributed by atoms with Crippen LogP contribution < -0.4 is 10.6 Å². The van der Waals surface area contributed by atoms with Crippen molar-refractivity contribution in [2.45, 2.75) is 32.7 Å². The van der Waals surface area contributed by atoms with E-state index in [1.165, 1.54) is 11.1 Å². The standard InChI is InChI=1S/C23H34N4O2/c1-17-6-5-7-20(14-17)18(2)15-25-23(24-4)26-16-21(22-9-8-19(3)29-22)27-10-12-28-13-11-27/h5-9,14,18,21H,10-13,15-16H2,1-4H3,(H2,24,25,26). The summed E-state index contributed by atoms with van der Waals surface area (Å²) in [4.78, 5) is 6.82. The molecule has 2 aromatic rings. The van der Waals surface area contributed by atoms with Gasteiger partial charge in [0, 0.05) is 33.2 Å². The monoisotopic (exact) mass is 398 g/mol. The number of nitrogens with one attached hydrogen (secondary N) is 2. The highest BCUT2D eigenvalue weighted by Gasteiger charge is 2.25. The van der Waals surface area contributed by atoms with Gasteiger partial charge >= 0.3 is 0 Å². The first-order valence-electron chi connectivity index (χ1n) is 10.5. The van der Waals surface area contributed by atoms with Gasteiger partial charge in [0.15, 0.2) is 5.96 Å². The van der Waals surface area contributed by atoms with E-state index in [4.69, 9.17) is 9.15 Å². The van der Waals surface area contributed by atoms with Crippen LogP contribution in [0.1, 0.15) is 41.5 Å². The maximum atomic E-state index is 5.95. The molecule has 0 spiro atoms. The molecule has 0 amide bonds. The highest BCUT2D eigenvalue weighted by Crippen LogP contribution is 2.23. The lowest BCUT2D eigenvalue weighted by atomic mass is 9.99. The lowest BCUT2D eigenvalue weighted by Gasteiger charge is -2.33. The Morgan fingerprint density at radius 2 is 1.86 bits per heavy atom. The third-order valence-electron chi connectivity index (χ3n) is 5.45. The molecule has 1 aliphatic heterocycles. The van der Waals surface area contributed by atoms with Crippen molar-refractivity contribution in [1.82, 2.24) is 15.5 Å². The second-order valence-corrected chi connectivity index (χ2v) is 7.76. The fourth-order valence-corrected chi connectivity index (χ4v) is 3.69. The van der Waals surface area contributed by atoms with Gasteiger partial charge in [0.1, 0.15) is 11.5 Å². The number of guanidine groups is 1. The minimum atomic E-state index is 0.153. The number of morpholine rings is 1. The van der Waals surface area contributed by atoms with E-state index in [0.29, 0.717) is 5.92 Å². The molecule has 1 fully saturated rings. The lowest BCUT2D eigenvalue weighted by Crippen LogP contribution is -2.46. The quantitative estimate of drug-likeness (QED) is 0.554. The molecule has 0 bridgehead atoms. The minimum absolute atomic E-state index is 0.153. The molecule has 2 heterocycles. The van der Waals surface area contributed by atoms with Gasteiger partial charge in [-0.3, -0.25) is 9.89 Å². The molecule has 0 radical (unpaired) electrons. The first-order valence-corrected chi connectivity index (χ1v) is 10.5. The summed E-state index contributed by atoms with van der Waals surface area (Å²) < 4.78 is 11.5. The van der Waals surface area contributed by atoms with Gasteiger partial charge in [-0.25, -0.2) is 0 Å². The van der Waals surface area contributed by atoms with Crippen molar-refractivity contribution in [3.8, 4) is 0 Å². The Labute approximate surface area is 174 Å². The highest BCUT2D eigenvalue weighted by molar-refractivity contribution is 5.79. The number of nitrogens with zero attached hydrogens (tertiary/aromatic N) is 2. The van der Waals surface area contributed by atoms with Crippen molar-refractivity contribution in [1.29, 1.82) is 0 Å². The topological polar surface area (TPSA) is 62.0 Å². The Kier molecular flexibility index (Phi) is 7.72. The molecule has 6 heteroatoms. The van der Waals surface area contributed by atoms with E-state index in [-0.39, 0.29) is 6.04 Å². The van der Waals surface area contributed by atoms with Crippen LogP contribution in [-0.2, 0) is 4.74 Å². The fraction of sp³-hybridized carbons (Fsp3) is 0.522. The number of hydrogen-bond donors (Lipinski definition) is 2. The number of rotatable bonds is 7. The average Bonchev–Trinajstić information content (AvgIpc) is 3.17. The maximum absolute atomic E-state index is 5.95. The summed E-state index contributed by atoms with van der Waals surface area (Å²) in [7, 11) is 1.81. The molecule has 1 aliphatic rings. The smallest absolute Gasteiger partial charge is 0.191 e. The summed E-state index contributed by atoms with van der Waals surface area (Å²) in [6.45, 7) is 11.2. The molecule has 1 saturated heterocycles. The number of benzene rings is 1. The van der Waals surface area contributed by atoms with E-state index in [0.717, 1.165) is 56.9 Å². The largest absolute Gasteiger partial charge is 0.465 e. The molecule has 2 atom stereocenters. The van der Waals surface area contributed by atoms with Crippen LogP contribution in [0.5, 0.6) is 0 Å². The van der Waals surface area contributed by atoms with Gasteiger partial charge in [-0.15, -0.1) is 0 Å². The summed E-state index contributed by atoms with van der Waals surface area (Å²) in [5.74, 6) is 3.13. The minimum Gasteiger partial charge on any atom is -0.465 e. The first kappa shape index (κ1) is 21.4. The summed E-state index contributed by atoms with van der Waals surface area (Å²) in [6.07, 6.45) is 0. The van der Waals surface area contributed by atoms with Crippen LogP contribution in [0.3, 0.4) is 0 Å². The van der Waals surface area contributed by atoms with E-state index in [1.807, 2.05) is 20.0 Å². The molecule has 2 N–H and O–H groups in total. The van der Waals surface area contributed by atoms with Crippen LogP contribution in [0, 0.1) is 13.8 Å². The zero-order valence-corrected chi connectivity index (χ0v) is 18.1. The van der Waals surface area contributed by atoms with E-state index >= 15 is 0 Å². The predicted molar refractivity (Wildman–Crippen MR) is 118 cm³/mol. The van der Waals surface area contributed by atoms with Crippen molar-refractivity contribution >= 4 is 5.96 Å². The molecule has 1 aromatic heterocycles. The average molecular weight is 399 g/mol. The van der Waals surface area contributed by atoms with Gasteiger partial charge in [0.05, 0.1) is 19.3 Å². The first-order chi connectivity index (χ1) is 14.1. The molecule has 1 aromatic carbocycles. The maximum Gasteiger partial charge on any atom is 0.191 e. The molecule has 6 nitrogen and oxygen atoms in total. The molecular weight excluding hydrogens is 364 g/mol. The van der Waals surface area contributed by atoms with Gasteiger partial charge in [-0.1, -0.05) is 36.8 Å². The molecular formula is C23H34N4O2. The Balaban J connectivity index is 1.58. The Morgan fingerprint density at radius 3 is 2.52 bits per heavy atom. The second-order valence-electron chi connectivity index (χ2n) is 7.76. The third-order valence-corrected chi connectivity index (χ3v) is 5.45. The Bertz CT molecular complexity index is 796. The fourth-order valence-electron chi connectivity index (χ4n) is 3.69. The van der Waals surface area contributed by atoms with Gasteiger partial charge in [-0.2, -0.15) is 0 Å². The molecule has 158 valence electrons. The number of furan rings is 1. The van der Waals surface area contributed by atoms with Crippen LogP contribution in [0.25, 0.3) is 0 Å². The predicted octanol–water partition coefficient (Wildman–Crippen LogP) is 3.24. The number of aliphatic imine (C=N–C) groups is 1. The number of aryl methyl sites for hydroxylation is 2. The molecule has 0 saturated carbocycles. The van der Waals surface area contributed by atoms with E-state index < -0.39 is 0 Å². The van der Waals surface area contributed by atoms with Crippen LogP contribution >= 0.6 is 0 Å². The van der Waals surface area contributed by atoms with Crippen LogP contribution in [0.2, 0.25) is 0 Å². The zero-order chi connectivity index (χ0) is 20.6. The molecule has 2 unspecified atom stereocenters. The Morgan fingerprint density at radius 1 is 1.10 bits per heavy atom. The van der Waals surface area contributed by atoms with E-state index in [1.54, 1.807) is 0 Å². The van der Waals surface area contributed by atoms with Crippen molar-refractivity contribution in [3.05, 3.63) is 59.0 Å². The van der Waals surface area contributed by atoms with Crippen molar-refractivity contribution < 1.29 is 9.15 Å². The summed E-state index contributed by atoms with van der Waals surface area (Å²) in [6, 6.07) is 12.9. The van der Waals surface area contributed by atoms with Crippen LogP contribution in [0.4, 0.5) is 0 Å². The third kappa shape index (κ3) is 6.08. The second kappa shape index (κ2) is 10.5. The normalized spacial score (nSPS) is 17.7. The van der Waals surface area contributed by atoms with E-state index in [2.05, 4.69) is 64.7 Å². The molecule has 29 heavy (non-hydrogen) atoms. The van der Waals surface area contributed by atoms with Crippen molar-refractivity contribution in [2.75, 3.05) is 46.4 Å².